The number of hydrazone groups is 1. The number of rotatable bonds is 6. The minimum Gasteiger partial charge on any atom is -0.484 e. The molecule has 0 aromatic heterocycles. The Kier molecular flexibility index (Phi) is 6.23. The minimum atomic E-state index is -0.334. The maximum Gasteiger partial charge on any atom is 0.277 e. The van der Waals surface area contributed by atoms with Gasteiger partial charge in [-0.3, -0.25) is 4.79 Å². The molecule has 3 aromatic carbocycles. The summed E-state index contributed by atoms with van der Waals surface area (Å²) in [5.41, 5.74) is 6.53. The van der Waals surface area contributed by atoms with E-state index < -0.39 is 0 Å². The molecule has 0 spiro atoms. The number of carbonyl (C=O) groups excluding carboxylic acids is 1. The van der Waals surface area contributed by atoms with Gasteiger partial charge in [0, 0.05) is 5.02 Å². The van der Waals surface area contributed by atoms with Gasteiger partial charge in [0.15, 0.2) is 6.61 Å². The van der Waals surface area contributed by atoms with Crippen LogP contribution in [0.25, 0.3) is 11.1 Å². The fraction of sp³-hybridized carbons (Fsp3) is 0.0909. The zero-order valence-corrected chi connectivity index (χ0v) is 15.6. The van der Waals surface area contributed by atoms with Gasteiger partial charge in [-0.2, -0.15) is 5.10 Å². The monoisotopic (exact) mass is 378 g/mol. The number of hydrogen-bond acceptors (Lipinski definition) is 3. The normalized spacial score (nSPS) is 10.7. The Balaban J connectivity index is 1.49. The van der Waals surface area contributed by atoms with E-state index in [1.165, 1.54) is 0 Å². The molecule has 0 aliphatic rings. The number of benzene rings is 3. The molecule has 5 heteroatoms. The number of nitrogens with zero attached hydrogens (tertiary/aromatic N) is 1. The molecule has 0 saturated heterocycles. The summed E-state index contributed by atoms with van der Waals surface area (Å²) >= 11 is 5.96. The van der Waals surface area contributed by atoms with E-state index in [4.69, 9.17) is 16.3 Å². The third-order valence-electron chi connectivity index (χ3n) is 3.92. The third-order valence-corrected chi connectivity index (χ3v) is 4.34. The lowest BCUT2D eigenvalue weighted by Gasteiger charge is -2.06. The lowest BCUT2D eigenvalue weighted by molar-refractivity contribution is -0.123. The van der Waals surface area contributed by atoms with Crippen LogP contribution in [0.2, 0.25) is 5.02 Å². The average Bonchev–Trinajstić information content (AvgIpc) is 2.70. The van der Waals surface area contributed by atoms with E-state index >= 15 is 0 Å². The number of nitrogens with one attached hydrogen (secondary N) is 1. The number of amides is 1. The number of ether oxygens (including phenoxy) is 1. The number of carbonyl (C=O) groups is 1. The summed E-state index contributed by atoms with van der Waals surface area (Å²) < 4.78 is 5.43. The van der Waals surface area contributed by atoms with Gasteiger partial charge in [-0.15, -0.1) is 0 Å². The molecule has 0 saturated carbocycles. The second-order valence-corrected chi connectivity index (χ2v) is 6.39. The molecule has 1 N–H and O–H groups in total. The van der Waals surface area contributed by atoms with Gasteiger partial charge < -0.3 is 4.74 Å². The van der Waals surface area contributed by atoms with E-state index in [9.17, 15) is 4.79 Å². The first-order chi connectivity index (χ1) is 13.1. The van der Waals surface area contributed by atoms with Crippen molar-refractivity contribution in [3.8, 4) is 16.9 Å². The Morgan fingerprint density at radius 3 is 2.44 bits per heavy atom. The maximum absolute atomic E-state index is 11.8. The van der Waals surface area contributed by atoms with Crippen molar-refractivity contribution >= 4 is 23.7 Å². The Bertz CT molecular complexity index is 938. The Hall–Kier alpha value is -3.11. The zero-order chi connectivity index (χ0) is 19.1. The fourth-order valence-corrected chi connectivity index (χ4v) is 2.58. The first kappa shape index (κ1) is 18.7. The van der Waals surface area contributed by atoms with E-state index in [1.807, 2.05) is 49.4 Å². The van der Waals surface area contributed by atoms with Gasteiger partial charge >= 0.3 is 0 Å². The van der Waals surface area contributed by atoms with Gasteiger partial charge in [0.2, 0.25) is 0 Å². The molecule has 0 unspecified atom stereocenters. The van der Waals surface area contributed by atoms with Gasteiger partial charge in [-0.25, -0.2) is 5.43 Å². The summed E-state index contributed by atoms with van der Waals surface area (Å²) in [6.07, 6.45) is 1.60. The average molecular weight is 379 g/mol. The smallest absolute Gasteiger partial charge is 0.277 e. The molecule has 0 aliphatic carbocycles. The van der Waals surface area contributed by atoms with Crippen molar-refractivity contribution < 1.29 is 9.53 Å². The van der Waals surface area contributed by atoms with Crippen molar-refractivity contribution in [1.82, 2.24) is 5.43 Å². The molecule has 27 heavy (non-hydrogen) atoms. The van der Waals surface area contributed by atoms with Crippen LogP contribution in [0, 0.1) is 6.92 Å². The van der Waals surface area contributed by atoms with Crippen LogP contribution in [-0.4, -0.2) is 18.7 Å². The summed E-state index contributed by atoms with van der Waals surface area (Å²) in [7, 11) is 0. The summed E-state index contributed by atoms with van der Waals surface area (Å²) in [6, 6.07) is 23.3. The number of hydrogen-bond donors (Lipinski definition) is 1. The van der Waals surface area contributed by atoms with E-state index in [0.29, 0.717) is 10.8 Å². The van der Waals surface area contributed by atoms with Crippen molar-refractivity contribution in [3.63, 3.8) is 0 Å². The van der Waals surface area contributed by atoms with Gasteiger partial charge in [-0.1, -0.05) is 66.2 Å². The van der Waals surface area contributed by atoms with Crippen molar-refractivity contribution in [2.45, 2.75) is 6.92 Å². The van der Waals surface area contributed by atoms with Crippen molar-refractivity contribution in [2.24, 2.45) is 5.10 Å². The second-order valence-electron chi connectivity index (χ2n) is 5.98. The van der Waals surface area contributed by atoms with Gasteiger partial charge in [0.1, 0.15) is 5.75 Å². The van der Waals surface area contributed by atoms with Crippen LogP contribution in [0.15, 0.2) is 77.9 Å². The van der Waals surface area contributed by atoms with E-state index in [0.717, 1.165) is 22.3 Å². The van der Waals surface area contributed by atoms with Crippen molar-refractivity contribution in [1.29, 1.82) is 0 Å². The molecule has 3 rings (SSSR count). The van der Waals surface area contributed by atoms with Crippen LogP contribution in [0.5, 0.6) is 5.75 Å². The van der Waals surface area contributed by atoms with Gasteiger partial charge in [0.05, 0.1) is 6.21 Å². The highest BCUT2D eigenvalue weighted by Crippen LogP contribution is 2.21. The van der Waals surface area contributed by atoms with Crippen LogP contribution in [0.4, 0.5) is 0 Å². The zero-order valence-electron chi connectivity index (χ0n) is 14.9. The van der Waals surface area contributed by atoms with Crippen molar-refractivity contribution in [2.75, 3.05) is 6.61 Å². The van der Waals surface area contributed by atoms with E-state index in [2.05, 4.69) is 22.7 Å². The van der Waals surface area contributed by atoms with E-state index in [-0.39, 0.29) is 12.5 Å². The van der Waals surface area contributed by atoms with Gasteiger partial charge in [0.25, 0.3) is 5.91 Å². The molecule has 0 aliphatic heterocycles. The lowest BCUT2D eigenvalue weighted by atomic mass is 10.0. The van der Waals surface area contributed by atoms with Crippen LogP contribution in [0.3, 0.4) is 0 Å². The first-order valence-corrected chi connectivity index (χ1v) is 8.86. The Morgan fingerprint density at radius 1 is 1.04 bits per heavy atom. The van der Waals surface area contributed by atoms with Crippen LogP contribution < -0.4 is 10.2 Å². The molecule has 0 atom stereocenters. The summed E-state index contributed by atoms with van der Waals surface area (Å²) in [4.78, 5) is 11.8. The SMILES string of the molecule is Cc1cc(OCC(=O)NN=Cc2ccc(-c3ccccc3)cc2)ccc1Cl. The lowest BCUT2D eigenvalue weighted by Crippen LogP contribution is -2.24. The molecule has 0 heterocycles. The summed E-state index contributed by atoms with van der Waals surface area (Å²) in [6.45, 7) is 1.76. The molecule has 0 radical (unpaired) electrons. The predicted molar refractivity (Wildman–Crippen MR) is 109 cm³/mol. The van der Waals surface area contributed by atoms with Crippen molar-refractivity contribution in [3.05, 3.63) is 88.9 Å². The molecule has 0 bridgehead atoms. The first-order valence-electron chi connectivity index (χ1n) is 8.48. The number of halogens is 1. The Labute approximate surface area is 163 Å². The summed E-state index contributed by atoms with van der Waals surface area (Å²) in [5.74, 6) is 0.257. The quantitative estimate of drug-likeness (QED) is 0.492. The van der Waals surface area contributed by atoms with Crippen LogP contribution >= 0.6 is 11.6 Å². The second kappa shape index (κ2) is 9.01. The molecule has 3 aromatic rings. The van der Waals surface area contributed by atoms with Crippen LogP contribution in [0.1, 0.15) is 11.1 Å². The molecule has 4 nitrogen and oxygen atoms in total. The summed E-state index contributed by atoms with van der Waals surface area (Å²) in [5, 5.41) is 4.62. The standard InChI is InChI=1S/C22H19ClN2O2/c1-16-13-20(11-12-21(16)23)27-15-22(26)25-24-14-17-7-9-19(10-8-17)18-5-3-2-4-6-18/h2-14H,15H2,1H3,(H,25,26). The number of aryl methyl sites for hydroxylation is 1. The molecule has 0 fully saturated rings. The Morgan fingerprint density at radius 2 is 1.74 bits per heavy atom. The molecule has 136 valence electrons. The molecular weight excluding hydrogens is 360 g/mol. The highest BCUT2D eigenvalue weighted by Gasteiger charge is 2.03. The third kappa shape index (κ3) is 5.43. The highest BCUT2D eigenvalue weighted by molar-refractivity contribution is 6.31. The highest BCUT2D eigenvalue weighted by atomic mass is 35.5. The predicted octanol–water partition coefficient (Wildman–Crippen LogP) is 4.84. The molecule has 1 amide bonds. The van der Waals surface area contributed by atoms with E-state index in [1.54, 1.807) is 24.4 Å². The maximum atomic E-state index is 11.8. The fourth-order valence-electron chi connectivity index (χ4n) is 2.46. The van der Waals surface area contributed by atoms with Gasteiger partial charge in [-0.05, 0) is 47.4 Å². The topological polar surface area (TPSA) is 50.7 Å². The van der Waals surface area contributed by atoms with Crippen LogP contribution in [-0.2, 0) is 4.79 Å². The molecular formula is C22H19ClN2O2. The largest absolute Gasteiger partial charge is 0.484 e. The minimum absolute atomic E-state index is 0.120.